The van der Waals surface area contributed by atoms with E-state index in [9.17, 15) is 0 Å². The fraction of sp³-hybridized carbons (Fsp3) is 0.583. The SMILES string of the molecule is CCCNC(c1csnn1)c1nccn1CCC. The van der Waals surface area contributed by atoms with Gasteiger partial charge in [-0.25, -0.2) is 4.98 Å². The average Bonchev–Trinajstić information content (AvgIpc) is 3.02. The number of rotatable bonds is 7. The molecule has 0 aromatic carbocycles. The Hall–Kier alpha value is -1.27. The van der Waals surface area contributed by atoms with Crippen LogP contribution >= 0.6 is 11.5 Å². The fourth-order valence-electron chi connectivity index (χ4n) is 1.93. The Morgan fingerprint density at radius 1 is 1.39 bits per heavy atom. The standard InChI is InChI=1S/C12H19N5S/c1-3-5-13-11(10-9-18-16-15-10)12-14-6-8-17(12)7-4-2/h6,8-9,11,13H,3-5,7H2,1-2H3. The summed E-state index contributed by atoms with van der Waals surface area (Å²) in [7, 11) is 0. The molecule has 2 heterocycles. The number of hydrogen-bond donors (Lipinski definition) is 1. The van der Waals surface area contributed by atoms with Crippen LogP contribution in [-0.2, 0) is 6.54 Å². The molecule has 0 saturated heterocycles. The van der Waals surface area contributed by atoms with E-state index in [2.05, 4.69) is 38.3 Å². The van der Waals surface area contributed by atoms with Gasteiger partial charge in [0.05, 0.1) is 0 Å². The van der Waals surface area contributed by atoms with Gasteiger partial charge >= 0.3 is 0 Å². The summed E-state index contributed by atoms with van der Waals surface area (Å²) in [5, 5.41) is 9.66. The van der Waals surface area contributed by atoms with Gasteiger partial charge in [0.15, 0.2) is 0 Å². The van der Waals surface area contributed by atoms with Crippen molar-refractivity contribution in [2.45, 2.75) is 39.3 Å². The summed E-state index contributed by atoms with van der Waals surface area (Å²) in [6.45, 7) is 6.25. The second kappa shape index (κ2) is 6.61. The number of aromatic nitrogens is 4. The summed E-state index contributed by atoms with van der Waals surface area (Å²) in [5.74, 6) is 1.03. The molecule has 0 aliphatic carbocycles. The molecule has 0 aliphatic rings. The van der Waals surface area contributed by atoms with E-state index >= 15 is 0 Å². The molecule has 1 unspecified atom stereocenters. The highest BCUT2D eigenvalue weighted by atomic mass is 32.1. The maximum Gasteiger partial charge on any atom is 0.132 e. The highest BCUT2D eigenvalue weighted by molar-refractivity contribution is 7.03. The second-order valence-corrected chi connectivity index (χ2v) is 4.81. The molecule has 2 aromatic rings. The van der Waals surface area contributed by atoms with E-state index in [0.717, 1.165) is 37.4 Å². The van der Waals surface area contributed by atoms with Crippen molar-refractivity contribution in [1.82, 2.24) is 24.5 Å². The Labute approximate surface area is 111 Å². The van der Waals surface area contributed by atoms with Crippen LogP contribution in [0, 0.1) is 0 Å². The zero-order valence-corrected chi connectivity index (χ0v) is 11.7. The molecule has 2 rings (SSSR count). The summed E-state index contributed by atoms with van der Waals surface area (Å²) in [6, 6.07) is 0.0465. The van der Waals surface area contributed by atoms with E-state index in [1.165, 1.54) is 11.5 Å². The quantitative estimate of drug-likeness (QED) is 0.834. The molecule has 0 radical (unpaired) electrons. The third-order valence-corrected chi connectivity index (χ3v) is 3.26. The van der Waals surface area contributed by atoms with Crippen LogP contribution in [0.25, 0.3) is 0 Å². The van der Waals surface area contributed by atoms with Crippen molar-refractivity contribution in [3.05, 3.63) is 29.3 Å². The Kier molecular flexibility index (Phi) is 4.83. The molecule has 18 heavy (non-hydrogen) atoms. The van der Waals surface area contributed by atoms with Crippen molar-refractivity contribution in [2.75, 3.05) is 6.54 Å². The molecule has 1 N–H and O–H groups in total. The van der Waals surface area contributed by atoms with Crippen LogP contribution in [0.2, 0.25) is 0 Å². The lowest BCUT2D eigenvalue weighted by molar-refractivity contribution is 0.521. The summed E-state index contributed by atoms with van der Waals surface area (Å²) in [6.07, 6.45) is 6.06. The highest BCUT2D eigenvalue weighted by Crippen LogP contribution is 2.20. The fourth-order valence-corrected chi connectivity index (χ4v) is 2.41. The molecular weight excluding hydrogens is 246 g/mol. The van der Waals surface area contributed by atoms with Crippen LogP contribution in [0.3, 0.4) is 0 Å². The molecule has 0 bridgehead atoms. The lowest BCUT2D eigenvalue weighted by Crippen LogP contribution is -2.26. The maximum atomic E-state index is 4.48. The number of nitrogens with one attached hydrogen (secondary N) is 1. The van der Waals surface area contributed by atoms with E-state index in [1.807, 2.05) is 17.8 Å². The van der Waals surface area contributed by atoms with Crippen molar-refractivity contribution < 1.29 is 0 Å². The van der Waals surface area contributed by atoms with Gasteiger partial charge < -0.3 is 9.88 Å². The molecule has 0 saturated carbocycles. The third-order valence-electron chi connectivity index (χ3n) is 2.74. The van der Waals surface area contributed by atoms with Gasteiger partial charge in [0.1, 0.15) is 17.6 Å². The van der Waals surface area contributed by atoms with Crippen molar-refractivity contribution >= 4 is 11.5 Å². The minimum atomic E-state index is 0.0465. The molecular formula is C12H19N5S. The van der Waals surface area contributed by atoms with E-state index < -0.39 is 0 Å². The zero-order valence-electron chi connectivity index (χ0n) is 10.8. The molecule has 0 spiro atoms. The predicted molar refractivity (Wildman–Crippen MR) is 72.6 cm³/mol. The predicted octanol–water partition coefficient (Wildman–Crippen LogP) is 2.23. The normalized spacial score (nSPS) is 12.8. The van der Waals surface area contributed by atoms with E-state index in [0.29, 0.717) is 0 Å². The molecule has 2 aromatic heterocycles. The minimum absolute atomic E-state index is 0.0465. The van der Waals surface area contributed by atoms with Crippen molar-refractivity contribution in [2.24, 2.45) is 0 Å². The lowest BCUT2D eigenvalue weighted by Gasteiger charge is -2.17. The van der Waals surface area contributed by atoms with Gasteiger partial charge in [0.25, 0.3) is 0 Å². The van der Waals surface area contributed by atoms with Crippen LogP contribution in [0.15, 0.2) is 17.8 Å². The summed E-state index contributed by atoms with van der Waals surface area (Å²) >= 11 is 1.38. The zero-order chi connectivity index (χ0) is 12.8. The molecule has 0 fully saturated rings. The first-order valence-corrected chi connectivity index (χ1v) is 7.21. The highest BCUT2D eigenvalue weighted by Gasteiger charge is 2.20. The first-order valence-electron chi connectivity index (χ1n) is 6.38. The number of aryl methyl sites for hydroxylation is 1. The van der Waals surface area contributed by atoms with Gasteiger partial charge in [-0.15, -0.1) is 5.10 Å². The van der Waals surface area contributed by atoms with Crippen molar-refractivity contribution in [3.8, 4) is 0 Å². The molecule has 98 valence electrons. The second-order valence-electron chi connectivity index (χ2n) is 4.20. The lowest BCUT2D eigenvalue weighted by atomic mass is 10.2. The smallest absolute Gasteiger partial charge is 0.132 e. The molecule has 5 nitrogen and oxygen atoms in total. The average molecular weight is 265 g/mol. The third kappa shape index (κ3) is 2.94. The summed E-state index contributed by atoms with van der Waals surface area (Å²) < 4.78 is 6.14. The Morgan fingerprint density at radius 2 is 2.28 bits per heavy atom. The maximum absolute atomic E-state index is 4.48. The first kappa shape index (κ1) is 13.2. The van der Waals surface area contributed by atoms with E-state index in [-0.39, 0.29) is 6.04 Å². The number of hydrogen-bond acceptors (Lipinski definition) is 5. The van der Waals surface area contributed by atoms with Crippen molar-refractivity contribution in [1.29, 1.82) is 0 Å². The molecule has 6 heteroatoms. The topological polar surface area (TPSA) is 55.6 Å². The van der Waals surface area contributed by atoms with Gasteiger partial charge in [-0.05, 0) is 30.9 Å². The molecule has 0 amide bonds. The van der Waals surface area contributed by atoms with Crippen molar-refractivity contribution in [3.63, 3.8) is 0 Å². The molecule has 1 atom stereocenters. The van der Waals surface area contributed by atoms with Crippen LogP contribution in [0.4, 0.5) is 0 Å². The Balaban J connectivity index is 2.24. The van der Waals surface area contributed by atoms with Crippen LogP contribution < -0.4 is 5.32 Å². The van der Waals surface area contributed by atoms with Gasteiger partial charge in [-0.2, -0.15) is 0 Å². The monoisotopic (exact) mass is 265 g/mol. The van der Waals surface area contributed by atoms with Gasteiger partial charge in [-0.1, -0.05) is 18.3 Å². The van der Waals surface area contributed by atoms with E-state index in [1.54, 1.807) is 0 Å². The summed E-state index contributed by atoms with van der Waals surface area (Å²) in [4.78, 5) is 4.48. The van der Waals surface area contributed by atoms with Crippen LogP contribution in [0.5, 0.6) is 0 Å². The Morgan fingerprint density at radius 3 is 2.94 bits per heavy atom. The minimum Gasteiger partial charge on any atom is -0.333 e. The Bertz CT molecular complexity index is 451. The largest absolute Gasteiger partial charge is 0.333 e. The van der Waals surface area contributed by atoms with Gasteiger partial charge in [0.2, 0.25) is 0 Å². The first-order chi connectivity index (χ1) is 8.86. The van der Waals surface area contributed by atoms with Crippen LogP contribution in [-0.4, -0.2) is 25.7 Å². The number of imidazole rings is 1. The number of nitrogens with zero attached hydrogens (tertiary/aromatic N) is 4. The summed E-state index contributed by atoms with van der Waals surface area (Å²) in [5.41, 5.74) is 0.956. The van der Waals surface area contributed by atoms with E-state index in [4.69, 9.17) is 0 Å². The molecule has 0 aliphatic heterocycles. The van der Waals surface area contributed by atoms with Gasteiger partial charge in [-0.3, -0.25) is 0 Å². The van der Waals surface area contributed by atoms with Gasteiger partial charge in [0, 0.05) is 24.3 Å². The van der Waals surface area contributed by atoms with Crippen LogP contribution in [0.1, 0.15) is 44.2 Å².